The zero-order valence-corrected chi connectivity index (χ0v) is 10.5. The lowest BCUT2D eigenvalue weighted by Gasteiger charge is -2.04. The molecule has 0 bridgehead atoms. The molecule has 0 radical (unpaired) electrons. The predicted molar refractivity (Wildman–Crippen MR) is 67.5 cm³/mol. The smallest absolute Gasteiger partial charge is 0.164 e. The second-order valence-electron chi connectivity index (χ2n) is 3.42. The first kappa shape index (κ1) is 11.2. The highest BCUT2D eigenvalue weighted by Gasteiger charge is 2.10. The summed E-state index contributed by atoms with van der Waals surface area (Å²) in [5.41, 5.74) is 1.28. The maximum absolute atomic E-state index is 11.4. The lowest BCUT2D eigenvalue weighted by molar-refractivity contribution is 0.101. The van der Waals surface area contributed by atoms with Gasteiger partial charge in [-0.05, 0) is 25.3 Å². The van der Waals surface area contributed by atoms with E-state index in [1.165, 1.54) is 6.92 Å². The summed E-state index contributed by atoms with van der Waals surface area (Å²) in [6, 6.07) is 3.91. The van der Waals surface area contributed by atoms with E-state index in [1.54, 1.807) is 11.3 Å². The molecule has 2 heterocycles. The Labute approximate surface area is 102 Å². The average molecular weight is 250 g/mol. The molecule has 0 saturated carbocycles. The van der Waals surface area contributed by atoms with E-state index in [4.69, 9.17) is 12.2 Å². The molecule has 2 rings (SSSR count). The molecule has 2 aromatic rings. The number of rotatable bonds is 2. The van der Waals surface area contributed by atoms with Crippen LogP contribution in [0, 0.1) is 11.6 Å². The highest BCUT2D eigenvalue weighted by Crippen LogP contribution is 2.22. The quantitative estimate of drug-likeness (QED) is 0.656. The minimum absolute atomic E-state index is 0.0519. The van der Waals surface area contributed by atoms with Crippen LogP contribution in [0.3, 0.4) is 0 Å². The van der Waals surface area contributed by atoms with E-state index in [2.05, 4.69) is 9.97 Å². The van der Waals surface area contributed by atoms with Crippen LogP contribution in [0.5, 0.6) is 0 Å². The van der Waals surface area contributed by atoms with Gasteiger partial charge in [0.1, 0.15) is 10.5 Å². The third kappa shape index (κ3) is 1.96. The number of carbonyl (C=O) groups is 1. The highest BCUT2D eigenvalue weighted by molar-refractivity contribution is 7.71. The van der Waals surface area contributed by atoms with Gasteiger partial charge in [-0.3, -0.25) is 4.79 Å². The van der Waals surface area contributed by atoms with Gasteiger partial charge < -0.3 is 4.98 Å². The lowest BCUT2D eigenvalue weighted by Crippen LogP contribution is -2.03. The lowest BCUT2D eigenvalue weighted by atomic mass is 10.2. The van der Waals surface area contributed by atoms with Crippen molar-refractivity contribution in [1.82, 2.24) is 9.97 Å². The molecule has 0 aromatic carbocycles. The van der Waals surface area contributed by atoms with Gasteiger partial charge in [-0.15, -0.1) is 11.3 Å². The second-order valence-corrected chi connectivity index (χ2v) is 4.76. The van der Waals surface area contributed by atoms with E-state index in [0.717, 1.165) is 16.4 Å². The van der Waals surface area contributed by atoms with Crippen LogP contribution in [0.4, 0.5) is 0 Å². The summed E-state index contributed by atoms with van der Waals surface area (Å²) in [7, 11) is 0. The van der Waals surface area contributed by atoms with Crippen molar-refractivity contribution < 1.29 is 4.79 Å². The molecule has 0 unspecified atom stereocenters. The van der Waals surface area contributed by atoms with Crippen molar-refractivity contribution in [3.05, 3.63) is 33.4 Å². The Hall–Kier alpha value is -1.33. The number of hydrogen-bond acceptors (Lipinski definition) is 4. The van der Waals surface area contributed by atoms with Gasteiger partial charge in [-0.2, -0.15) is 0 Å². The summed E-state index contributed by atoms with van der Waals surface area (Å²) in [5.74, 6) is 0.673. The van der Waals surface area contributed by atoms with Gasteiger partial charge in [0.15, 0.2) is 5.78 Å². The van der Waals surface area contributed by atoms with E-state index >= 15 is 0 Å². The summed E-state index contributed by atoms with van der Waals surface area (Å²) in [6.07, 6.45) is 0. The first-order chi connectivity index (χ1) is 7.59. The van der Waals surface area contributed by atoms with Gasteiger partial charge in [-0.1, -0.05) is 18.3 Å². The van der Waals surface area contributed by atoms with Crippen LogP contribution in [0.2, 0.25) is 0 Å². The van der Waals surface area contributed by atoms with E-state index < -0.39 is 0 Å². The minimum Gasteiger partial charge on any atom is -0.342 e. The number of nitrogens with one attached hydrogen (secondary N) is 1. The Morgan fingerprint density at radius 3 is 2.81 bits per heavy atom. The van der Waals surface area contributed by atoms with E-state index in [-0.39, 0.29) is 5.78 Å². The van der Waals surface area contributed by atoms with Crippen molar-refractivity contribution in [2.75, 3.05) is 0 Å². The number of thiophene rings is 1. The van der Waals surface area contributed by atoms with Gasteiger partial charge in [0, 0.05) is 5.69 Å². The molecule has 0 aliphatic carbocycles. The maximum Gasteiger partial charge on any atom is 0.164 e. The van der Waals surface area contributed by atoms with E-state index in [1.807, 2.05) is 24.4 Å². The molecule has 0 spiro atoms. The fourth-order valence-electron chi connectivity index (χ4n) is 1.53. The fraction of sp³-hybridized carbons (Fsp3) is 0.182. The van der Waals surface area contributed by atoms with Crippen LogP contribution >= 0.6 is 23.6 Å². The van der Waals surface area contributed by atoms with E-state index in [9.17, 15) is 4.79 Å². The molecule has 0 fully saturated rings. The summed E-state index contributed by atoms with van der Waals surface area (Å²) < 4.78 is 0.368. The Bertz CT molecular complexity index is 585. The largest absolute Gasteiger partial charge is 0.342 e. The third-order valence-corrected chi connectivity index (χ3v) is 3.39. The maximum atomic E-state index is 11.4. The van der Waals surface area contributed by atoms with Gasteiger partial charge in [-0.25, -0.2) is 4.98 Å². The van der Waals surface area contributed by atoms with Crippen LogP contribution < -0.4 is 0 Å². The number of ketones is 1. The standard InChI is InChI=1S/C11H10N2OS2/c1-6-9(7(2)14)11(15)13-10(12-6)8-4-3-5-16-8/h3-5H,1-2H3,(H,12,13,15). The number of aryl methyl sites for hydroxylation is 1. The Morgan fingerprint density at radius 2 is 2.31 bits per heavy atom. The van der Waals surface area contributed by atoms with Crippen LogP contribution in [0.1, 0.15) is 23.0 Å². The molecule has 5 heteroatoms. The van der Waals surface area contributed by atoms with Crippen molar-refractivity contribution >= 4 is 29.3 Å². The molecule has 2 aromatic heterocycles. The first-order valence-electron chi connectivity index (χ1n) is 4.75. The normalized spacial score (nSPS) is 10.4. The van der Waals surface area contributed by atoms with Crippen molar-refractivity contribution in [3.8, 4) is 10.7 Å². The van der Waals surface area contributed by atoms with Gasteiger partial charge in [0.05, 0.1) is 10.4 Å². The Balaban J connectivity index is 2.63. The molecule has 0 aliphatic rings. The number of carbonyl (C=O) groups excluding carboxylic acids is 1. The number of Topliss-reactive ketones (excluding diaryl/α,β-unsaturated/α-hetero) is 1. The van der Waals surface area contributed by atoms with Crippen LogP contribution in [-0.4, -0.2) is 15.8 Å². The molecular weight excluding hydrogens is 240 g/mol. The number of nitrogens with zero attached hydrogens (tertiary/aromatic N) is 1. The summed E-state index contributed by atoms with van der Waals surface area (Å²) in [4.78, 5) is 19.7. The molecule has 0 aliphatic heterocycles. The summed E-state index contributed by atoms with van der Waals surface area (Å²) in [6.45, 7) is 3.34. The van der Waals surface area contributed by atoms with Crippen molar-refractivity contribution in [2.45, 2.75) is 13.8 Å². The molecule has 1 N–H and O–H groups in total. The molecule has 82 valence electrons. The molecule has 0 saturated heterocycles. The Kier molecular flexibility index (Phi) is 2.98. The van der Waals surface area contributed by atoms with E-state index in [0.29, 0.717) is 10.2 Å². The van der Waals surface area contributed by atoms with Crippen LogP contribution in [0.25, 0.3) is 10.7 Å². The zero-order chi connectivity index (χ0) is 11.7. The van der Waals surface area contributed by atoms with Crippen LogP contribution in [0.15, 0.2) is 17.5 Å². The number of H-pyrrole nitrogens is 1. The first-order valence-corrected chi connectivity index (χ1v) is 6.04. The molecule has 16 heavy (non-hydrogen) atoms. The summed E-state index contributed by atoms with van der Waals surface area (Å²) >= 11 is 6.71. The Morgan fingerprint density at radius 1 is 1.56 bits per heavy atom. The number of aromatic amines is 1. The highest BCUT2D eigenvalue weighted by atomic mass is 32.1. The monoisotopic (exact) mass is 250 g/mol. The van der Waals surface area contributed by atoms with Crippen molar-refractivity contribution in [2.24, 2.45) is 0 Å². The van der Waals surface area contributed by atoms with Crippen molar-refractivity contribution in [3.63, 3.8) is 0 Å². The third-order valence-electron chi connectivity index (χ3n) is 2.21. The summed E-state index contributed by atoms with van der Waals surface area (Å²) in [5, 5.41) is 1.97. The fourth-order valence-corrected chi connectivity index (χ4v) is 2.59. The number of hydrogen-bond donors (Lipinski definition) is 1. The van der Waals surface area contributed by atoms with Crippen LogP contribution in [-0.2, 0) is 0 Å². The van der Waals surface area contributed by atoms with Gasteiger partial charge in [0.25, 0.3) is 0 Å². The molecule has 0 atom stereocenters. The molecular formula is C11H10N2OS2. The zero-order valence-electron chi connectivity index (χ0n) is 8.90. The van der Waals surface area contributed by atoms with Crippen molar-refractivity contribution in [1.29, 1.82) is 0 Å². The van der Waals surface area contributed by atoms with Gasteiger partial charge in [0.2, 0.25) is 0 Å². The second kappa shape index (κ2) is 4.27. The molecule has 0 amide bonds. The predicted octanol–water partition coefficient (Wildman–Crippen LogP) is 3.38. The number of aromatic nitrogens is 2. The minimum atomic E-state index is -0.0519. The SMILES string of the molecule is CC(=O)c1c(C)[nH]c(-c2cccs2)nc1=S. The topological polar surface area (TPSA) is 45.8 Å². The molecule has 3 nitrogen and oxygen atoms in total. The van der Waals surface area contributed by atoms with Gasteiger partial charge >= 0.3 is 0 Å². The average Bonchev–Trinajstić information content (AvgIpc) is 2.67.